The second-order valence-corrected chi connectivity index (χ2v) is 10.1. The molecule has 6 heteroatoms. The van der Waals surface area contributed by atoms with Crippen LogP contribution in [0.1, 0.15) is 59.3 Å². The molecular formula is C22H32O6. The fraction of sp³-hybridized carbons (Fsp3) is 0.818. The molecule has 3 N–H and O–H groups in total. The maximum Gasteiger partial charge on any atom is 0.302 e. The van der Waals surface area contributed by atoms with Crippen LogP contribution in [-0.4, -0.2) is 52.0 Å². The molecule has 0 saturated heterocycles. The SMILES string of the molecule is CC(=O)OC[C@@]1(O)CC[C@]23C[C@H]1C=C2[C@H](O)C[C@@H]1[C@]3(C)CCC(=O)[C@@]1(C)CO. The lowest BCUT2D eigenvalue weighted by molar-refractivity contribution is -0.185. The number of aliphatic hydroxyl groups excluding tert-OH is 2. The molecule has 0 aromatic rings. The summed E-state index contributed by atoms with van der Waals surface area (Å²) in [7, 11) is 0. The minimum atomic E-state index is -1.11. The van der Waals surface area contributed by atoms with Gasteiger partial charge in [0.2, 0.25) is 0 Å². The van der Waals surface area contributed by atoms with Crippen molar-refractivity contribution in [2.45, 2.75) is 71.0 Å². The number of ether oxygens (including phenoxy) is 1. The molecule has 3 saturated carbocycles. The number of fused-ring (bicyclic) bond motifs is 2. The van der Waals surface area contributed by atoms with E-state index in [1.807, 2.05) is 13.0 Å². The number of carbonyl (C=O) groups excluding carboxylic acids is 2. The predicted octanol–water partition coefficient (Wildman–Crippen LogP) is 1.76. The fourth-order valence-electron chi connectivity index (χ4n) is 7.19. The zero-order valence-corrected chi connectivity index (χ0v) is 17.0. The van der Waals surface area contributed by atoms with Gasteiger partial charge in [-0.05, 0) is 49.0 Å². The molecule has 0 aliphatic heterocycles. The summed E-state index contributed by atoms with van der Waals surface area (Å²) in [6.45, 7) is 5.17. The highest BCUT2D eigenvalue weighted by Crippen LogP contribution is 2.73. The Morgan fingerprint density at radius 3 is 2.64 bits per heavy atom. The van der Waals surface area contributed by atoms with Crippen molar-refractivity contribution < 1.29 is 29.6 Å². The first kappa shape index (κ1) is 20.0. The van der Waals surface area contributed by atoms with Gasteiger partial charge in [0.1, 0.15) is 18.0 Å². The monoisotopic (exact) mass is 392 g/mol. The van der Waals surface area contributed by atoms with E-state index in [-0.39, 0.29) is 41.7 Å². The Morgan fingerprint density at radius 2 is 2.00 bits per heavy atom. The normalized spacial score (nSPS) is 49.9. The Kier molecular flexibility index (Phi) is 4.39. The first-order chi connectivity index (χ1) is 13.0. The van der Waals surface area contributed by atoms with E-state index in [0.717, 1.165) is 12.0 Å². The molecule has 0 aromatic heterocycles. The highest BCUT2D eigenvalue weighted by Gasteiger charge is 2.69. The Morgan fingerprint density at radius 1 is 1.29 bits per heavy atom. The van der Waals surface area contributed by atoms with Crippen LogP contribution in [0.5, 0.6) is 0 Å². The molecule has 4 rings (SSSR count). The van der Waals surface area contributed by atoms with Gasteiger partial charge in [0.25, 0.3) is 0 Å². The molecule has 156 valence electrons. The Hall–Kier alpha value is -1.24. The lowest BCUT2D eigenvalue weighted by atomic mass is 9.39. The van der Waals surface area contributed by atoms with E-state index >= 15 is 0 Å². The summed E-state index contributed by atoms with van der Waals surface area (Å²) in [5, 5.41) is 32.4. The van der Waals surface area contributed by atoms with Gasteiger partial charge in [0, 0.05) is 24.7 Å². The summed E-state index contributed by atoms with van der Waals surface area (Å²) in [6, 6.07) is 0. The standard InChI is InChI=1S/C22H32O6/c1-13(24)28-12-22(27)7-6-21-10-14(22)8-15(21)16(25)9-17-19(2,11-23)18(26)4-5-20(17,21)3/h8,14,16-17,23,25,27H,4-7,9-12H2,1-3H3/t14-,16-,17+,19+,20+,21+,22+/m1/s1. The van der Waals surface area contributed by atoms with E-state index in [2.05, 4.69) is 6.92 Å². The Bertz CT molecular complexity index is 745. The molecule has 0 aromatic carbocycles. The molecule has 0 heterocycles. The van der Waals surface area contributed by atoms with Gasteiger partial charge in [-0.15, -0.1) is 0 Å². The third kappa shape index (κ3) is 2.37. The highest BCUT2D eigenvalue weighted by molar-refractivity contribution is 5.86. The maximum absolute atomic E-state index is 12.7. The van der Waals surface area contributed by atoms with E-state index in [1.54, 1.807) is 0 Å². The van der Waals surface area contributed by atoms with Gasteiger partial charge in [0.15, 0.2) is 0 Å². The predicted molar refractivity (Wildman–Crippen MR) is 101 cm³/mol. The first-order valence-electron chi connectivity index (χ1n) is 10.4. The van der Waals surface area contributed by atoms with Crippen LogP contribution in [0.25, 0.3) is 0 Å². The third-order valence-corrected chi connectivity index (χ3v) is 8.99. The molecule has 0 radical (unpaired) electrons. The summed E-state index contributed by atoms with van der Waals surface area (Å²) < 4.78 is 5.15. The van der Waals surface area contributed by atoms with Crippen LogP contribution in [0.3, 0.4) is 0 Å². The smallest absolute Gasteiger partial charge is 0.302 e. The lowest BCUT2D eigenvalue weighted by Gasteiger charge is -2.65. The van der Waals surface area contributed by atoms with Crippen LogP contribution in [0.2, 0.25) is 0 Å². The molecule has 28 heavy (non-hydrogen) atoms. The summed E-state index contributed by atoms with van der Waals surface area (Å²) in [4.78, 5) is 24.0. The van der Waals surface area contributed by atoms with Gasteiger partial charge in [-0.25, -0.2) is 0 Å². The average Bonchev–Trinajstić information content (AvgIpc) is 3.02. The van der Waals surface area contributed by atoms with Crippen molar-refractivity contribution in [3.63, 3.8) is 0 Å². The molecule has 6 nitrogen and oxygen atoms in total. The zero-order chi connectivity index (χ0) is 20.5. The van der Waals surface area contributed by atoms with E-state index in [0.29, 0.717) is 32.1 Å². The molecule has 7 atom stereocenters. The van der Waals surface area contributed by atoms with Crippen molar-refractivity contribution >= 4 is 11.8 Å². The molecule has 4 aliphatic rings. The second-order valence-electron chi connectivity index (χ2n) is 10.1. The van der Waals surface area contributed by atoms with E-state index in [1.165, 1.54) is 6.92 Å². The van der Waals surface area contributed by atoms with Crippen LogP contribution in [-0.2, 0) is 14.3 Å². The number of hydrogen-bond acceptors (Lipinski definition) is 6. The zero-order valence-electron chi connectivity index (χ0n) is 17.0. The van der Waals surface area contributed by atoms with Crippen LogP contribution < -0.4 is 0 Å². The number of rotatable bonds is 3. The van der Waals surface area contributed by atoms with Gasteiger partial charge in [0.05, 0.1) is 18.1 Å². The quantitative estimate of drug-likeness (QED) is 0.499. The minimum absolute atomic E-state index is 0.0318. The first-order valence-corrected chi connectivity index (χ1v) is 10.4. The minimum Gasteiger partial charge on any atom is -0.463 e. The summed E-state index contributed by atoms with van der Waals surface area (Å²) in [6.07, 6.45) is 4.87. The van der Waals surface area contributed by atoms with Gasteiger partial charge >= 0.3 is 5.97 Å². The molecular weight excluding hydrogens is 360 g/mol. The van der Waals surface area contributed by atoms with Gasteiger partial charge in [-0.1, -0.05) is 19.9 Å². The van der Waals surface area contributed by atoms with Crippen molar-refractivity contribution in [1.82, 2.24) is 0 Å². The molecule has 0 unspecified atom stereocenters. The third-order valence-electron chi connectivity index (χ3n) is 8.99. The Balaban J connectivity index is 1.73. The maximum atomic E-state index is 12.7. The summed E-state index contributed by atoms with van der Waals surface area (Å²) in [5.74, 6) is -0.603. The van der Waals surface area contributed by atoms with Gasteiger partial charge < -0.3 is 20.1 Å². The number of aliphatic hydroxyl groups is 3. The van der Waals surface area contributed by atoms with Crippen molar-refractivity contribution in [3.05, 3.63) is 11.6 Å². The number of Topliss-reactive ketones (excluding diaryl/α,β-unsaturated/α-hetero) is 1. The van der Waals surface area contributed by atoms with Crippen LogP contribution in [0, 0.1) is 28.1 Å². The second kappa shape index (κ2) is 6.13. The number of ketones is 1. The van der Waals surface area contributed by atoms with E-state index in [9.17, 15) is 24.9 Å². The van der Waals surface area contributed by atoms with Crippen molar-refractivity contribution in [1.29, 1.82) is 0 Å². The summed E-state index contributed by atoms with van der Waals surface area (Å²) >= 11 is 0. The number of carbonyl (C=O) groups is 2. The largest absolute Gasteiger partial charge is 0.463 e. The van der Waals surface area contributed by atoms with Crippen LogP contribution in [0.4, 0.5) is 0 Å². The molecule has 0 amide bonds. The average molecular weight is 392 g/mol. The van der Waals surface area contributed by atoms with Crippen LogP contribution in [0.15, 0.2) is 11.6 Å². The molecule has 4 aliphatic carbocycles. The number of esters is 1. The highest BCUT2D eigenvalue weighted by atomic mass is 16.5. The topological polar surface area (TPSA) is 104 Å². The van der Waals surface area contributed by atoms with Crippen molar-refractivity contribution in [3.8, 4) is 0 Å². The summed E-state index contributed by atoms with van der Waals surface area (Å²) in [5.41, 5.74) is -1.46. The number of hydrogen-bond donors (Lipinski definition) is 3. The van der Waals surface area contributed by atoms with Gasteiger partial charge in [-0.3, -0.25) is 9.59 Å². The van der Waals surface area contributed by atoms with Gasteiger partial charge in [-0.2, -0.15) is 0 Å². The molecule has 1 spiro atoms. The van der Waals surface area contributed by atoms with Crippen LogP contribution >= 0.6 is 0 Å². The van der Waals surface area contributed by atoms with E-state index in [4.69, 9.17) is 4.74 Å². The molecule has 3 fully saturated rings. The lowest BCUT2D eigenvalue weighted by Crippen LogP contribution is -2.63. The van der Waals surface area contributed by atoms with E-state index < -0.39 is 23.1 Å². The fourth-order valence-corrected chi connectivity index (χ4v) is 7.19. The molecule has 2 bridgehead atoms. The Labute approximate surface area is 166 Å². The van der Waals surface area contributed by atoms with Crippen molar-refractivity contribution in [2.24, 2.45) is 28.1 Å². The van der Waals surface area contributed by atoms with Crippen molar-refractivity contribution in [2.75, 3.05) is 13.2 Å².